The van der Waals surface area contributed by atoms with Gasteiger partial charge in [-0.05, 0) is 60.4 Å². The number of nitrogen functional groups attached to an aromatic ring is 1. The molecule has 7 heteroatoms. The lowest BCUT2D eigenvalue weighted by Crippen LogP contribution is -2.09. The van der Waals surface area contributed by atoms with E-state index >= 15 is 0 Å². The van der Waals surface area contributed by atoms with Crippen LogP contribution in [-0.2, 0) is 25.8 Å². The molecule has 2 N–H and O–H groups in total. The lowest BCUT2D eigenvalue weighted by atomic mass is 9.95. The maximum Gasteiger partial charge on any atom is 0.305 e. The number of nitrogens with two attached hydrogens (primary N) is 1. The molecule has 0 spiro atoms. The molecule has 0 heterocycles. The molecule has 1 aliphatic carbocycles. The Morgan fingerprint density at radius 1 is 1.03 bits per heavy atom. The summed E-state index contributed by atoms with van der Waals surface area (Å²) < 4.78 is 35.0. The second-order valence-corrected chi connectivity index (χ2v) is 11.1. The number of esters is 1. The zero-order valence-corrected chi connectivity index (χ0v) is 20.5. The van der Waals surface area contributed by atoms with Crippen LogP contribution in [0.2, 0.25) is 0 Å². The monoisotopic (exact) mass is 481 g/mol. The van der Waals surface area contributed by atoms with Gasteiger partial charge in [0.05, 0.1) is 18.6 Å². The maximum absolute atomic E-state index is 12.0. The third-order valence-electron chi connectivity index (χ3n) is 6.59. The van der Waals surface area contributed by atoms with Crippen molar-refractivity contribution in [1.82, 2.24) is 0 Å². The number of methoxy groups -OCH3 is 1. The number of sulfone groups is 1. The third-order valence-corrected chi connectivity index (χ3v) is 7.70. The number of hydrogen-bond acceptors (Lipinski definition) is 6. The van der Waals surface area contributed by atoms with Crippen molar-refractivity contribution >= 4 is 32.3 Å². The Hall–Kier alpha value is -3.06. The van der Waals surface area contributed by atoms with E-state index in [2.05, 4.69) is 0 Å². The number of carbonyl (C=O) groups is 1. The van der Waals surface area contributed by atoms with Gasteiger partial charge >= 0.3 is 5.97 Å². The van der Waals surface area contributed by atoms with Crippen molar-refractivity contribution in [2.45, 2.75) is 43.4 Å². The van der Waals surface area contributed by atoms with E-state index < -0.39 is 9.84 Å². The molecule has 1 aliphatic rings. The van der Waals surface area contributed by atoms with E-state index in [1.165, 1.54) is 39.0 Å². The molecule has 0 saturated heterocycles. The fraction of sp³-hybridized carbons (Fsp3) is 0.370. The highest BCUT2D eigenvalue weighted by Crippen LogP contribution is 2.39. The van der Waals surface area contributed by atoms with Gasteiger partial charge in [-0.25, -0.2) is 8.42 Å². The number of benzene rings is 3. The van der Waals surface area contributed by atoms with Gasteiger partial charge in [-0.2, -0.15) is 0 Å². The molecule has 0 aliphatic heterocycles. The Kier molecular flexibility index (Phi) is 7.12. The van der Waals surface area contributed by atoms with Crippen molar-refractivity contribution in [3.8, 4) is 16.9 Å². The molecule has 0 atom stereocenters. The Morgan fingerprint density at radius 2 is 1.79 bits per heavy atom. The summed E-state index contributed by atoms with van der Waals surface area (Å²) in [6.07, 6.45) is 6.91. The Balaban J connectivity index is 1.74. The molecule has 6 nitrogen and oxygen atoms in total. The van der Waals surface area contributed by atoms with Crippen LogP contribution < -0.4 is 10.5 Å². The molecule has 0 aromatic heterocycles. The van der Waals surface area contributed by atoms with Gasteiger partial charge in [-0.1, -0.05) is 37.1 Å². The Labute approximate surface area is 201 Å². The lowest BCUT2D eigenvalue weighted by molar-refractivity contribution is -0.140. The molecule has 0 amide bonds. The molecule has 0 radical (unpaired) electrons. The quantitative estimate of drug-likeness (QED) is 0.352. The average Bonchev–Trinajstić information content (AvgIpc) is 3.34. The first kappa shape index (κ1) is 24.1. The van der Waals surface area contributed by atoms with Crippen molar-refractivity contribution in [1.29, 1.82) is 0 Å². The summed E-state index contributed by atoms with van der Waals surface area (Å²) in [6, 6.07) is 14.7. The van der Waals surface area contributed by atoms with Gasteiger partial charge in [0.25, 0.3) is 0 Å². The highest BCUT2D eigenvalue weighted by atomic mass is 32.2. The zero-order chi connectivity index (χ0) is 24.3. The zero-order valence-electron chi connectivity index (χ0n) is 19.7. The normalized spacial score (nSPS) is 14.4. The van der Waals surface area contributed by atoms with E-state index in [-0.39, 0.29) is 10.9 Å². The summed E-state index contributed by atoms with van der Waals surface area (Å²) in [7, 11) is -1.92. The molecule has 1 fully saturated rings. The van der Waals surface area contributed by atoms with E-state index in [9.17, 15) is 13.2 Å². The number of ether oxygens (including phenoxy) is 2. The standard InChI is InChI=1S/C27H31NO5S/c1-32-26(29)14-8-18-7-13-25(33-17-19-5-3-4-6-19)24(15-18)23-11-9-20-16-21(34(2,30)31)10-12-22(20)27(23)28/h7,9-13,15-16,19H,3-6,8,14,17,28H2,1-2H3. The number of rotatable bonds is 8. The topological polar surface area (TPSA) is 95.7 Å². The van der Waals surface area contributed by atoms with E-state index in [4.69, 9.17) is 15.2 Å². The number of aryl methyl sites for hydroxylation is 1. The Bertz CT molecular complexity index is 1310. The molecule has 4 rings (SSSR count). The van der Waals surface area contributed by atoms with Crippen molar-refractivity contribution in [2.24, 2.45) is 5.92 Å². The highest BCUT2D eigenvalue weighted by molar-refractivity contribution is 7.90. The predicted octanol–water partition coefficient (Wildman–Crippen LogP) is 5.17. The van der Waals surface area contributed by atoms with E-state index in [1.54, 1.807) is 18.2 Å². The molecule has 3 aromatic carbocycles. The first-order valence-electron chi connectivity index (χ1n) is 11.6. The number of anilines is 1. The largest absolute Gasteiger partial charge is 0.493 e. The summed E-state index contributed by atoms with van der Waals surface area (Å²) in [5.74, 6) is 1.07. The molecule has 1 saturated carbocycles. The van der Waals surface area contributed by atoms with Crippen LogP contribution in [0.5, 0.6) is 5.75 Å². The van der Waals surface area contributed by atoms with Gasteiger partial charge in [0.2, 0.25) is 0 Å². The molecule has 0 bridgehead atoms. The van der Waals surface area contributed by atoms with E-state index in [1.807, 2.05) is 30.3 Å². The number of hydrogen-bond donors (Lipinski definition) is 1. The molecule has 34 heavy (non-hydrogen) atoms. The number of carbonyl (C=O) groups excluding carboxylic acids is 1. The summed E-state index contributed by atoms with van der Waals surface area (Å²) >= 11 is 0. The fourth-order valence-corrected chi connectivity index (χ4v) is 5.26. The van der Waals surface area contributed by atoms with Crippen LogP contribution in [0.1, 0.15) is 37.7 Å². The predicted molar refractivity (Wildman–Crippen MR) is 135 cm³/mol. The summed E-state index contributed by atoms with van der Waals surface area (Å²) in [5, 5.41) is 1.55. The van der Waals surface area contributed by atoms with Crippen LogP contribution in [0.3, 0.4) is 0 Å². The summed E-state index contributed by atoms with van der Waals surface area (Å²) in [6.45, 7) is 0.666. The van der Waals surface area contributed by atoms with Crippen molar-refractivity contribution in [3.63, 3.8) is 0 Å². The van der Waals surface area contributed by atoms with Crippen molar-refractivity contribution in [2.75, 3.05) is 25.7 Å². The second-order valence-electron chi connectivity index (χ2n) is 9.05. The Morgan fingerprint density at radius 3 is 2.50 bits per heavy atom. The number of fused-ring (bicyclic) bond motifs is 1. The summed E-state index contributed by atoms with van der Waals surface area (Å²) in [5.41, 5.74) is 9.85. The van der Waals surface area contributed by atoms with Crippen LogP contribution in [0.25, 0.3) is 21.9 Å². The lowest BCUT2D eigenvalue weighted by Gasteiger charge is -2.18. The minimum atomic E-state index is -3.31. The van der Waals surface area contributed by atoms with Crippen molar-refractivity contribution < 1.29 is 22.7 Å². The minimum absolute atomic E-state index is 0.255. The van der Waals surface area contributed by atoms with Gasteiger partial charge in [0, 0.05) is 34.9 Å². The molecular weight excluding hydrogens is 450 g/mol. The minimum Gasteiger partial charge on any atom is -0.493 e. The van der Waals surface area contributed by atoms with E-state index in [0.29, 0.717) is 31.1 Å². The molecule has 0 unspecified atom stereocenters. The van der Waals surface area contributed by atoms with Gasteiger partial charge in [-0.15, -0.1) is 0 Å². The fourth-order valence-electron chi connectivity index (χ4n) is 4.60. The van der Waals surface area contributed by atoms with Crippen LogP contribution in [0.15, 0.2) is 53.4 Å². The van der Waals surface area contributed by atoms with Gasteiger partial charge < -0.3 is 15.2 Å². The van der Waals surface area contributed by atoms with Crippen LogP contribution in [0, 0.1) is 5.92 Å². The third kappa shape index (κ3) is 5.36. The molecule has 180 valence electrons. The highest BCUT2D eigenvalue weighted by Gasteiger charge is 2.19. The van der Waals surface area contributed by atoms with Crippen LogP contribution in [-0.4, -0.2) is 34.4 Å². The first-order valence-corrected chi connectivity index (χ1v) is 13.5. The second kappa shape index (κ2) is 10.1. The molecule has 3 aromatic rings. The maximum atomic E-state index is 12.0. The van der Waals surface area contributed by atoms with Crippen LogP contribution in [0.4, 0.5) is 5.69 Å². The first-order chi connectivity index (χ1) is 16.3. The van der Waals surface area contributed by atoms with Gasteiger partial charge in [0.1, 0.15) is 5.75 Å². The average molecular weight is 482 g/mol. The van der Waals surface area contributed by atoms with Crippen molar-refractivity contribution in [3.05, 3.63) is 54.1 Å². The van der Waals surface area contributed by atoms with Gasteiger partial charge in [0.15, 0.2) is 9.84 Å². The van der Waals surface area contributed by atoms with Gasteiger partial charge in [-0.3, -0.25) is 4.79 Å². The smallest absolute Gasteiger partial charge is 0.305 e. The summed E-state index contributed by atoms with van der Waals surface area (Å²) in [4.78, 5) is 11.9. The van der Waals surface area contributed by atoms with Crippen LogP contribution >= 0.6 is 0 Å². The molecular formula is C27H31NO5S. The SMILES string of the molecule is COC(=O)CCc1ccc(OCC2CCCC2)c(-c2ccc3cc(S(C)(=O)=O)ccc3c2N)c1. The van der Waals surface area contributed by atoms with E-state index in [0.717, 1.165) is 33.2 Å².